The normalized spacial score (nSPS) is 7.70. The van der Waals surface area contributed by atoms with E-state index >= 15 is 0 Å². The zero-order chi connectivity index (χ0) is 7.82. The van der Waals surface area contributed by atoms with E-state index in [0.29, 0.717) is 6.54 Å². The fourth-order valence-electron chi connectivity index (χ4n) is 0.367. The topological polar surface area (TPSA) is 70.6 Å². The van der Waals surface area contributed by atoms with Crippen LogP contribution < -0.4 is 10.6 Å². The molecule has 0 aliphatic rings. The Bertz CT molecular complexity index is 151. The summed E-state index contributed by atoms with van der Waals surface area (Å²) in [5.41, 5.74) is 0. The van der Waals surface area contributed by atoms with Crippen molar-refractivity contribution < 1.29 is 9.59 Å². The maximum atomic E-state index is 10.5. The molecule has 2 N–H and O–H groups in total. The van der Waals surface area contributed by atoms with Gasteiger partial charge in [-0.1, -0.05) is 0 Å². The van der Waals surface area contributed by atoms with Gasteiger partial charge in [0.25, 0.3) is 0 Å². The lowest BCUT2D eigenvalue weighted by atomic mass is 10.7. The first-order chi connectivity index (χ1) is 4.81. The first kappa shape index (κ1) is 8.65. The molecule has 0 bridgehead atoms. The van der Waals surface area contributed by atoms with Crippen LogP contribution in [0.5, 0.6) is 0 Å². The van der Waals surface area contributed by atoms with Crippen LogP contribution in [0.2, 0.25) is 0 Å². The van der Waals surface area contributed by atoms with Crippen molar-refractivity contribution in [2.75, 3.05) is 13.2 Å². The Hall–Kier alpha value is -1.35. The molecule has 5 heteroatoms. The Kier molecular flexibility index (Phi) is 5.00. The van der Waals surface area contributed by atoms with Gasteiger partial charge in [-0.25, -0.2) is 9.59 Å². The third kappa shape index (κ3) is 4.80. The van der Waals surface area contributed by atoms with E-state index in [1.165, 1.54) is 6.08 Å². The van der Waals surface area contributed by atoms with Crippen LogP contribution in [-0.4, -0.2) is 25.3 Å². The molecule has 0 aromatic rings. The van der Waals surface area contributed by atoms with E-state index in [-0.39, 0.29) is 12.7 Å². The molecule has 0 aromatic carbocycles. The SMILES string of the molecule is CCNC(=O)NCN=C=O. The van der Waals surface area contributed by atoms with Gasteiger partial charge in [0.15, 0.2) is 0 Å². The number of hydrogen-bond donors (Lipinski definition) is 2. The van der Waals surface area contributed by atoms with E-state index in [4.69, 9.17) is 0 Å². The zero-order valence-corrected chi connectivity index (χ0v) is 5.68. The molecule has 0 radical (unpaired) electrons. The smallest absolute Gasteiger partial charge is 0.316 e. The summed E-state index contributed by atoms with van der Waals surface area (Å²) >= 11 is 0. The average molecular weight is 143 g/mol. The van der Waals surface area contributed by atoms with Crippen LogP contribution in [0.1, 0.15) is 6.92 Å². The molecule has 0 aromatic heterocycles. The number of hydrogen-bond acceptors (Lipinski definition) is 3. The second kappa shape index (κ2) is 5.78. The third-order valence-corrected chi connectivity index (χ3v) is 0.721. The molecule has 0 atom stereocenters. The van der Waals surface area contributed by atoms with E-state index in [1.54, 1.807) is 6.92 Å². The number of carbonyl (C=O) groups is 1. The molecule has 0 aliphatic carbocycles. The molecule has 0 aliphatic heterocycles. The van der Waals surface area contributed by atoms with Crippen molar-refractivity contribution in [3.63, 3.8) is 0 Å². The standard InChI is InChI=1S/C5H9N3O2/c1-2-7-5(10)8-3-6-4-9/h2-3H2,1H3,(H2,7,8,10). The fraction of sp³-hybridized carbons (Fsp3) is 0.600. The van der Waals surface area contributed by atoms with Crippen molar-refractivity contribution in [2.45, 2.75) is 6.92 Å². The van der Waals surface area contributed by atoms with Crippen LogP contribution in [0.3, 0.4) is 0 Å². The lowest BCUT2D eigenvalue weighted by Crippen LogP contribution is -2.35. The summed E-state index contributed by atoms with van der Waals surface area (Å²) in [6, 6.07) is -0.332. The number of aliphatic imine (C=N–C) groups is 1. The van der Waals surface area contributed by atoms with Crippen molar-refractivity contribution in [3.05, 3.63) is 0 Å². The maximum Gasteiger partial charge on any atom is 0.316 e. The summed E-state index contributed by atoms with van der Waals surface area (Å²) in [4.78, 5) is 23.1. The van der Waals surface area contributed by atoms with Crippen LogP contribution in [0.25, 0.3) is 0 Å². The Labute approximate surface area is 58.5 Å². The number of rotatable bonds is 3. The quantitative estimate of drug-likeness (QED) is 0.417. The second-order valence-corrected chi connectivity index (χ2v) is 1.44. The van der Waals surface area contributed by atoms with E-state index in [9.17, 15) is 9.59 Å². The number of isocyanates is 1. The van der Waals surface area contributed by atoms with Crippen molar-refractivity contribution in [1.29, 1.82) is 0 Å². The minimum atomic E-state index is -0.332. The lowest BCUT2D eigenvalue weighted by Gasteiger charge is -1.99. The van der Waals surface area contributed by atoms with E-state index in [2.05, 4.69) is 15.6 Å². The highest BCUT2D eigenvalue weighted by molar-refractivity contribution is 5.73. The summed E-state index contributed by atoms with van der Waals surface area (Å²) < 4.78 is 0. The second-order valence-electron chi connectivity index (χ2n) is 1.44. The predicted octanol–water partition coefficient (Wildman–Crippen LogP) is -0.401. The Morgan fingerprint density at radius 2 is 2.30 bits per heavy atom. The first-order valence-corrected chi connectivity index (χ1v) is 2.86. The van der Waals surface area contributed by atoms with E-state index in [1.807, 2.05) is 0 Å². The van der Waals surface area contributed by atoms with Crippen LogP contribution in [0.15, 0.2) is 4.99 Å². The van der Waals surface area contributed by atoms with Gasteiger partial charge in [0.05, 0.1) is 0 Å². The predicted molar refractivity (Wildman–Crippen MR) is 35.2 cm³/mol. The fourth-order valence-corrected chi connectivity index (χ4v) is 0.367. The van der Waals surface area contributed by atoms with Crippen molar-refractivity contribution in [2.24, 2.45) is 4.99 Å². The van der Waals surface area contributed by atoms with Crippen LogP contribution in [-0.2, 0) is 4.79 Å². The molecule has 0 spiro atoms. The Morgan fingerprint density at radius 1 is 1.60 bits per heavy atom. The molecule has 0 fully saturated rings. The summed E-state index contributed by atoms with van der Waals surface area (Å²) in [5.74, 6) is 0. The maximum absolute atomic E-state index is 10.5. The van der Waals surface area contributed by atoms with Crippen LogP contribution in [0.4, 0.5) is 4.79 Å². The van der Waals surface area contributed by atoms with Crippen molar-refractivity contribution in [1.82, 2.24) is 10.6 Å². The minimum absolute atomic E-state index is 0.0185. The number of amides is 2. The van der Waals surface area contributed by atoms with Crippen LogP contribution in [0, 0.1) is 0 Å². The number of nitrogens with one attached hydrogen (secondary N) is 2. The molecular formula is C5H9N3O2. The van der Waals surface area contributed by atoms with E-state index in [0.717, 1.165) is 0 Å². The minimum Gasteiger partial charge on any atom is -0.338 e. The van der Waals surface area contributed by atoms with Gasteiger partial charge in [0, 0.05) is 6.54 Å². The Balaban J connectivity index is 3.30. The highest BCUT2D eigenvalue weighted by Crippen LogP contribution is 1.63. The number of carbonyl (C=O) groups excluding carboxylic acids is 2. The lowest BCUT2D eigenvalue weighted by molar-refractivity contribution is 0.242. The van der Waals surface area contributed by atoms with Crippen molar-refractivity contribution in [3.8, 4) is 0 Å². The summed E-state index contributed by atoms with van der Waals surface area (Å²) in [6.45, 7) is 2.33. The summed E-state index contributed by atoms with van der Waals surface area (Å²) in [6.07, 6.45) is 1.30. The molecule has 56 valence electrons. The third-order valence-electron chi connectivity index (χ3n) is 0.721. The molecule has 0 saturated carbocycles. The average Bonchev–Trinajstić information content (AvgIpc) is 1.89. The van der Waals surface area contributed by atoms with Gasteiger partial charge in [-0.3, -0.25) is 0 Å². The molecular weight excluding hydrogens is 134 g/mol. The van der Waals surface area contributed by atoms with Gasteiger partial charge >= 0.3 is 6.03 Å². The molecule has 0 heterocycles. The number of urea groups is 1. The Morgan fingerprint density at radius 3 is 2.80 bits per heavy atom. The number of nitrogens with zero attached hydrogens (tertiary/aromatic N) is 1. The van der Waals surface area contributed by atoms with Gasteiger partial charge in [-0.05, 0) is 6.92 Å². The molecule has 0 saturated heterocycles. The van der Waals surface area contributed by atoms with Gasteiger partial charge in [-0.2, -0.15) is 4.99 Å². The highest BCUT2D eigenvalue weighted by atomic mass is 16.2. The summed E-state index contributed by atoms with van der Waals surface area (Å²) in [7, 11) is 0. The van der Waals surface area contributed by atoms with Crippen LogP contribution >= 0.6 is 0 Å². The van der Waals surface area contributed by atoms with E-state index < -0.39 is 0 Å². The van der Waals surface area contributed by atoms with Gasteiger partial charge in [0.1, 0.15) is 6.67 Å². The molecule has 0 rings (SSSR count). The molecule has 0 unspecified atom stereocenters. The summed E-state index contributed by atoms with van der Waals surface area (Å²) in [5, 5.41) is 4.77. The largest absolute Gasteiger partial charge is 0.338 e. The van der Waals surface area contributed by atoms with Gasteiger partial charge in [-0.15, -0.1) is 0 Å². The first-order valence-electron chi connectivity index (χ1n) is 2.86. The molecule has 5 nitrogen and oxygen atoms in total. The van der Waals surface area contributed by atoms with Crippen molar-refractivity contribution >= 4 is 12.1 Å². The van der Waals surface area contributed by atoms with Gasteiger partial charge in [0.2, 0.25) is 6.08 Å². The monoisotopic (exact) mass is 143 g/mol. The molecule has 10 heavy (non-hydrogen) atoms. The highest BCUT2D eigenvalue weighted by Gasteiger charge is 1.92. The van der Waals surface area contributed by atoms with Gasteiger partial charge < -0.3 is 10.6 Å². The molecule has 2 amide bonds. The zero-order valence-electron chi connectivity index (χ0n) is 5.68.